The van der Waals surface area contributed by atoms with Gasteiger partial charge in [0.1, 0.15) is 0 Å². The van der Waals surface area contributed by atoms with Crippen molar-refractivity contribution in [3.8, 4) is 0 Å². The van der Waals surface area contributed by atoms with Gasteiger partial charge in [0.25, 0.3) is 0 Å². The summed E-state index contributed by atoms with van der Waals surface area (Å²) in [6.45, 7) is 12.9. The van der Waals surface area contributed by atoms with Crippen LogP contribution in [0.4, 0.5) is 0 Å². The number of hydrogen-bond donors (Lipinski definition) is 0. The normalized spacial score (nSPS) is 19.2. The molecule has 0 heterocycles. The molecule has 1 unspecified atom stereocenters. The zero-order valence-corrected chi connectivity index (χ0v) is 17.5. The van der Waals surface area contributed by atoms with Gasteiger partial charge in [0.2, 0.25) is 0 Å². The van der Waals surface area contributed by atoms with Crippen molar-refractivity contribution in [2.45, 2.75) is 48.0 Å². The quantitative estimate of drug-likeness (QED) is 0.470. The predicted molar refractivity (Wildman–Crippen MR) is 92.4 cm³/mol. The van der Waals surface area contributed by atoms with Crippen LogP contribution in [-0.4, -0.2) is 4.21 Å². The van der Waals surface area contributed by atoms with Gasteiger partial charge in [0.05, 0.1) is 0 Å². The van der Waals surface area contributed by atoms with E-state index in [9.17, 15) is 0 Å². The molecule has 20 heavy (non-hydrogen) atoms. The third kappa shape index (κ3) is 8.55. The molecule has 0 aromatic rings. The number of rotatable bonds is 0. The van der Waals surface area contributed by atoms with Crippen molar-refractivity contribution in [1.82, 2.24) is 0 Å². The Balaban J connectivity index is -0.000000240. The second kappa shape index (κ2) is 13.0. The molecule has 2 aliphatic carbocycles. The first kappa shape index (κ1) is 25.3. The Morgan fingerprint density at radius 2 is 1.60 bits per heavy atom. The van der Waals surface area contributed by atoms with Crippen LogP contribution in [-0.2, 0) is 24.2 Å². The summed E-state index contributed by atoms with van der Waals surface area (Å²) in [7, 11) is 0. The molecule has 0 saturated heterocycles. The average molecular weight is 393 g/mol. The Morgan fingerprint density at radius 1 is 1.10 bits per heavy atom. The Bertz CT molecular complexity index is 415. The zero-order chi connectivity index (χ0) is 14.3. The van der Waals surface area contributed by atoms with Crippen LogP contribution in [0, 0.1) is 18.1 Å². The fourth-order valence-corrected chi connectivity index (χ4v) is 1.91. The fraction of sp³-hybridized carbons (Fsp3) is 0.471. The predicted octanol–water partition coefficient (Wildman–Crippen LogP) is 5.62. The topological polar surface area (TPSA) is 0 Å². The minimum absolute atomic E-state index is 0. The summed E-state index contributed by atoms with van der Waals surface area (Å²) in [5, 5.41) is 0. The van der Waals surface area contributed by atoms with Crippen molar-refractivity contribution in [1.29, 1.82) is 0 Å². The average Bonchev–Trinajstić information content (AvgIpc) is 2.82. The maximum atomic E-state index is 3.36. The van der Waals surface area contributed by atoms with E-state index >= 15 is 0 Å². The van der Waals surface area contributed by atoms with Crippen LogP contribution >= 0.6 is 24.8 Å². The van der Waals surface area contributed by atoms with E-state index in [0.29, 0.717) is 5.92 Å². The molecule has 0 saturated carbocycles. The van der Waals surface area contributed by atoms with Crippen LogP contribution in [0.5, 0.6) is 0 Å². The molecule has 3 heteroatoms. The van der Waals surface area contributed by atoms with Gasteiger partial charge in [-0.05, 0) is 0 Å². The van der Waals surface area contributed by atoms with Crippen LogP contribution in [0.25, 0.3) is 0 Å². The van der Waals surface area contributed by atoms with Gasteiger partial charge in [0, 0.05) is 0 Å². The van der Waals surface area contributed by atoms with Crippen molar-refractivity contribution in [3.63, 3.8) is 0 Å². The molecular weight excluding hydrogens is 366 g/mol. The van der Waals surface area contributed by atoms with Gasteiger partial charge in [-0.2, -0.15) is 16.7 Å². The van der Waals surface area contributed by atoms with Crippen molar-refractivity contribution >= 4 is 29.0 Å². The molecule has 0 N–H and O–H groups in total. The van der Waals surface area contributed by atoms with E-state index in [2.05, 4.69) is 64.0 Å². The van der Waals surface area contributed by atoms with E-state index in [4.69, 9.17) is 0 Å². The summed E-state index contributed by atoms with van der Waals surface area (Å²) in [5.74, 6) is 0.560. The molecule has 2 aliphatic rings. The van der Waals surface area contributed by atoms with Gasteiger partial charge in [0.15, 0.2) is 0 Å². The summed E-state index contributed by atoms with van der Waals surface area (Å²) in [6.07, 6.45) is 9.77. The fourth-order valence-electron chi connectivity index (χ4n) is 1.91. The second-order valence-electron chi connectivity index (χ2n) is 4.83. The van der Waals surface area contributed by atoms with E-state index in [0.717, 1.165) is 6.42 Å². The number of hydrogen-bond acceptors (Lipinski definition) is 0. The first-order valence-electron chi connectivity index (χ1n) is 6.29. The third-order valence-corrected chi connectivity index (χ3v) is 3.35. The molecule has 2 rings (SSSR count). The van der Waals surface area contributed by atoms with Crippen LogP contribution in [0.2, 0.25) is 0 Å². The monoisotopic (exact) mass is 390 g/mol. The van der Waals surface area contributed by atoms with Crippen molar-refractivity contribution in [3.05, 3.63) is 46.1 Å². The Morgan fingerprint density at radius 3 is 1.70 bits per heavy atom. The van der Waals surface area contributed by atoms with Crippen LogP contribution < -0.4 is 0 Å². The number of halogens is 2. The van der Waals surface area contributed by atoms with E-state index in [1.807, 2.05) is 0 Å². The van der Waals surface area contributed by atoms with Crippen molar-refractivity contribution in [2.75, 3.05) is 0 Å². The molecule has 0 amide bonds. The first-order chi connectivity index (χ1) is 8.41. The Labute approximate surface area is 152 Å². The molecule has 112 valence electrons. The molecule has 0 bridgehead atoms. The van der Waals surface area contributed by atoms with Crippen LogP contribution in [0.3, 0.4) is 0 Å². The standard InChI is InChI=1S/C9H13.C7H9.CH2.2ClH.Zr/c1-6-5-7(2)9(4)8(6)3;1-6-3-4-7(2)5-6;;;;/h6H,1-4H3;5H,3H2,1-2H3;1H2;2*1H;/q2*-1;;;;+2. The summed E-state index contributed by atoms with van der Waals surface area (Å²) in [5.41, 5.74) is 6.96. The van der Waals surface area contributed by atoms with Gasteiger partial charge in [-0.15, -0.1) is 38.2 Å². The number of allylic oxidation sites excluding steroid dienone is 8. The van der Waals surface area contributed by atoms with E-state index < -0.39 is 0 Å². The zero-order valence-electron chi connectivity index (χ0n) is 13.4. The molecule has 0 aromatic heterocycles. The van der Waals surface area contributed by atoms with Gasteiger partial charge in [-0.25, -0.2) is 17.2 Å². The Kier molecular flexibility index (Phi) is 16.4. The van der Waals surface area contributed by atoms with Crippen LogP contribution in [0.1, 0.15) is 48.0 Å². The van der Waals surface area contributed by atoms with Crippen molar-refractivity contribution < 1.29 is 24.2 Å². The summed E-state index contributed by atoms with van der Waals surface area (Å²) >= 11 is 1.30. The van der Waals surface area contributed by atoms with Gasteiger partial charge in [-0.3, -0.25) is 12.2 Å². The van der Waals surface area contributed by atoms with E-state index in [1.165, 1.54) is 52.1 Å². The molecule has 0 nitrogen and oxygen atoms in total. The summed E-state index contributed by atoms with van der Waals surface area (Å²) < 4.78 is 3.34. The molecule has 0 aromatic carbocycles. The first-order valence-corrected chi connectivity index (χ1v) is 8.03. The van der Waals surface area contributed by atoms with Crippen molar-refractivity contribution in [2.24, 2.45) is 5.92 Å². The third-order valence-electron chi connectivity index (χ3n) is 3.35. The van der Waals surface area contributed by atoms with Gasteiger partial charge >= 0.3 is 28.4 Å². The maximum absolute atomic E-state index is 3.36. The minimum atomic E-state index is 0. The molecule has 1 atom stereocenters. The molecular formula is C17H26Cl2Zr. The second-order valence-corrected chi connectivity index (χ2v) is 4.83. The van der Waals surface area contributed by atoms with Gasteiger partial charge in [-0.1, -0.05) is 40.5 Å². The molecule has 0 spiro atoms. The van der Waals surface area contributed by atoms with Crippen LogP contribution in [0.15, 0.2) is 33.9 Å². The summed E-state index contributed by atoms with van der Waals surface area (Å²) in [4.78, 5) is 0. The summed E-state index contributed by atoms with van der Waals surface area (Å²) in [6, 6.07) is 0. The molecule has 0 aliphatic heterocycles. The molecule has 0 radical (unpaired) electrons. The SMILES string of the molecule is CC1=[C-]C(C)C(C)=C1C.CC1=[C-]CC(C)=C1.Cl.Cl.[CH2]=[Zr+2]. The van der Waals surface area contributed by atoms with E-state index in [1.54, 1.807) is 0 Å². The molecule has 0 fully saturated rings. The Hall–Kier alpha value is 0.293. The van der Waals surface area contributed by atoms with E-state index in [-0.39, 0.29) is 24.8 Å². The van der Waals surface area contributed by atoms with Gasteiger partial charge < -0.3 is 0 Å².